The monoisotopic (exact) mass is 666 g/mol. The van der Waals surface area contributed by atoms with Crippen molar-refractivity contribution in [1.82, 2.24) is 0 Å². The Labute approximate surface area is 207 Å². The number of benzene rings is 2. The molecular formula is C20H20F9IO3SSi. The summed E-state index contributed by atoms with van der Waals surface area (Å²) in [5.74, 6) is -13.3. The van der Waals surface area contributed by atoms with Gasteiger partial charge in [-0.05, 0) is 31.2 Å². The van der Waals surface area contributed by atoms with Gasteiger partial charge in [0.05, 0.1) is 13.0 Å². The molecule has 0 aromatic heterocycles. The fourth-order valence-electron chi connectivity index (χ4n) is 2.27. The summed E-state index contributed by atoms with van der Waals surface area (Å²) < 4.78 is 141. The van der Waals surface area contributed by atoms with E-state index in [-0.39, 0.29) is 8.47 Å². The summed E-state index contributed by atoms with van der Waals surface area (Å²) in [6.45, 7) is 7.62. The SMILES string of the molecule is C[Si](C)(C)c1ccc([I+]C(F)(F)C(F)(F)C(F)(F)C(F)(F)F)cc1.Cc1ccc(S(=O)(=O)[O-])cc1. The van der Waals surface area contributed by atoms with Gasteiger partial charge in [-0.2, -0.15) is 39.5 Å². The van der Waals surface area contributed by atoms with E-state index in [0.717, 1.165) is 22.9 Å². The Balaban J connectivity index is 0.000000462. The lowest BCUT2D eigenvalue weighted by atomic mass is 10.2. The quantitative estimate of drug-likeness (QED) is 0.157. The predicted molar refractivity (Wildman–Crippen MR) is 108 cm³/mol. The van der Waals surface area contributed by atoms with Crippen molar-refractivity contribution in [2.45, 2.75) is 53.4 Å². The highest BCUT2D eigenvalue weighted by molar-refractivity contribution is 7.85. The molecule has 0 N–H and O–H groups in total. The van der Waals surface area contributed by atoms with Crippen molar-refractivity contribution in [2.24, 2.45) is 0 Å². The van der Waals surface area contributed by atoms with Gasteiger partial charge in [0.25, 0.3) is 0 Å². The lowest BCUT2D eigenvalue weighted by Gasteiger charge is -2.28. The van der Waals surface area contributed by atoms with Crippen molar-refractivity contribution < 1.29 is 73.7 Å². The maximum Gasteiger partial charge on any atom is 0.517 e. The normalized spacial score (nSPS) is 13.8. The van der Waals surface area contributed by atoms with Crippen LogP contribution in [0.2, 0.25) is 19.6 Å². The molecule has 198 valence electrons. The van der Waals surface area contributed by atoms with Crippen LogP contribution in [0.15, 0.2) is 53.4 Å². The maximum absolute atomic E-state index is 13.6. The average Bonchev–Trinajstić information content (AvgIpc) is 2.66. The van der Waals surface area contributed by atoms with Gasteiger partial charge in [-0.25, -0.2) is 8.42 Å². The highest BCUT2D eigenvalue weighted by Crippen LogP contribution is 2.50. The fourth-order valence-corrected chi connectivity index (χ4v) is 6.09. The van der Waals surface area contributed by atoms with E-state index < -0.39 is 61.3 Å². The molecule has 0 radical (unpaired) electrons. The highest BCUT2D eigenvalue weighted by atomic mass is 127. The van der Waals surface area contributed by atoms with Gasteiger partial charge in [0.1, 0.15) is 10.1 Å². The number of halogens is 10. The summed E-state index contributed by atoms with van der Waals surface area (Å²) in [5, 5.41) is 0.811. The third-order valence-electron chi connectivity index (χ3n) is 4.35. The smallest absolute Gasteiger partial charge is 0.517 e. The zero-order valence-electron chi connectivity index (χ0n) is 18.5. The molecule has 0 heterocycles. The lowest BCUT2D eigenvalue weighted by molar-refractivity contribution is -0.790. The molecule has 15 heteroatoms. The summed E-state index contributed by atoms with van der Waals surface area (Å²) >= 11 is -3.12. The second-order valence-corrected chi connectivity index (χ2v) is 17.9. The lowest BCUT2D eigenvalue weighted by Crippen LogP contribution is -3.68. The Hall–Kier alpha value is -1.33. The molecule has 0 fully saturated rings. The maximum atomic E-state index is 13.6. The van der Waals surface area contributed by atoms with Crippen LogP contribution in [0.5, 0.6) is 0 Å². The van der Waals surface area contributed by atoms with Crippen molar-refractivity contribution in [2.75, 3.05) is 0 Å². The van der Waals surface area contributed by atoms with Gasteiger partial charge in [0.2, 0.25) is 0 Å². The second-order valence-electron chi connectivity index (χ2n) is 8.26. The molecule has 0 spiro atoms. The van der Waals surface area contributed by atoms with E-state index in [2.05, 4.69) is 0 Å². The molecule has 2 rings (SSSR count). The van der Waals surface area contributed by atoms with Crippen LogP contribution in [0.1, 0.15) is 5.56 Å². The largest absolute Gasteiger partial charge is 0.744 e. The molecule has 0 saturated heterocycles. The first kappa shape index (κ1) is 31.7. The Bertz CT molecular complexity index is 1100. The third-order valence-corrected chi connectivity index (χ3v) is 9.97. The van der Waals surface area contributed by atoms with Crippen LogP contribution in [-0.4, -0.2) is 43.0 Å². The third kappa shape index (κ3) is 7.82. The van der Waals surface area contributed by atoms with Crippen molar-refractivity contribution in [3.8, 4) is 0 Å². The molecular weight excluding hydrogens is 646 g/mol. The first-order valence-electron chi connectivity index (χ1n) is 9.43. The molecule has 0 amide bonds. The molecule has 0 unspecified atom stereocenters. The first-order valence-corrected chi connectivity index (χ1v) is 16.5. The van der Waals surface area contributed by atoms with Gasteiger partial charge in [0, 0.05) is 0 Å². The van der Waals surface area contributed by atoms with Crippen molar-refractivity contribution >= 4 is 23.4 Å². The number of rotatable bonds is 6. The molecule has 0 saturated carbocycles. The molecule has 0 aliphatic carbocycles. The Kier molecular flexibility index (Phi) is 9.57. The Morgan fingerprint density at radius 1 is 0.743 bits per heavy atom. The van der Waals surface area contributed by atoms with Crippen LogP contribution in [0, 0.1) is 10.5 Å². The van der Waals surface area contributed by atoms with E-state index in [1.807, 2.05) is 26.6 Å². The molecule has 2 aromatic carbocycles. The fraction of sp³-hybridized carbons (Fsp3) is 0.400. The van der Waals surface area contributed by atoms with E-state index in [9.17, 15) is 52.5 Å². The zero-order valence-corrected chi connectivity index (χ0v) is 22.5. The van der Waals surface area contributed by atoms with Crippen molar-refractivity contribution in [3.05, 3.63) is 57.7 Å². The summed E-state index contributed by atoms with van der Waals surface area (Å²) in [4.78, 5) is -0.178. The molecule has 0 aliphatic rings. The van der Waals surface area contributed by atoms with Crippen LogP contribution >= 0.6 is 0 Å². The van der Waals surface area contributed by atoms with Crippen LogP contribution < -0.4 is 26.4 Å². The summed E-state index contributed by atoms with van der Waals surface area (Å²) in [6.07, 6.45) is -6.77. The molecule has 0 aliphatic heterocycles. The molecule has 2 aromatic rings. The number of hydrogen-bond acceptors (Lipinski definition) is 3. The zero-order chi connectivity index (χ0) is 27.7. The van der Waals surface area contributed by atoms with Gasteiger partial charge in [-0.3, -0.25) is 0 Å². The van der Waals surface area contributed by atoms with Crippen LogP contribution in [-0.2, 0) is 10.1 Å². The van der Waals surface area contributed by atoms with Gasteiger partial charge in [-0.1, -0.05) is 54.7 Å². The van der Waals surface area contributed by atoms with Crippen LogP contribution in [0.3, 0.4) is 0 Å². The minimum absolute atomic E-state index is 0.178. The topological polar surface area (TPSA) is 57.2 Å². The van der Waals surface area contributed by atoms with Crippen molar-refractivity contribution in [3.63, 3.8) is 0 Å². The summed E-state index contributed by atoms with van der Waals surface area (Å²) in [6, 6.07) is 10.8. The average molecular weight is 666 g/mol. The van der Waals surface area contributed by atoms with E-state index in [4.69, 9.17) is 0 Å². The minimum Gasteiger partial charge on any atom is -0.744 e. The molecule has 0 atom stereocenters. The molecule has 0 bridgehead atoms. The van der Waals surface area contributed by atoms with E-state index in [1.54, 1.807) is 12.1 Å². The highest BCUT2D eigenvalue weighted by Gasteiger charge is 2.87. The first-order chi connectivity index (χ1) is 15.4. The van der Waals surface area contributed by atoms with Gasteiger partial charge >= 0.3 is 43.2 Å². The van der Waals surface area contributed by atoms with Gasteiger partial charge in [0.15, 0.2) is 3.57 Å². The number of aryl methyl sites for hydroxylation is 1. The van der Waals surface area contributed by atoms with E-state index in [0.29, 0.717) is 0 Å². The van der Waals surface area contributed by atoms with Crippen LogP contribution in [0.4, 0.5) is 39.5 Å². The van der Waals surface area contributed by atoms with Gasteiger partial charge < -0.3 is 4.55 Å². The minimum atomic E-state index is -6.82. The van der Waals surface area contributed by atoms with E-state index in [1.165, 1.54) is 24.3 Å². The number of alkyl halides is 10. The molecule has 3 nitrogen and oxygen atoms in total. The summed E-state index contributed by atoms with van der Waals surface area (Å²) in [7, 11) is -6.07. The Morgan fingerprint density at radius 3 is 1.51 bits per heavy atom. The van der Waals surface area contributed by atoms with E-state index >= 15 is 0 Å². The van der Waals surface area contributed by atoms with Gasteiger partial charge in [-0.15, -0.1) is 0 Å². The predicted octanol–water partition coefficient (Wildman–Crippen LogP) is 2.82. The Morgan fingerprint density at radius 2 is 1.17 bits per heavy atom. The van der Waals surface area contributed by atoms with Crippen LogP contribution in [0.25, 0.3) is 0 Å². The molecule has 35 heavy (non-hydrogen) atoms. The number of hydrogen-bond donors (Lipinski definition) is 0. The van der Waals surface area contributed by atoms with Crippen molar-refractivity contribution in [1.29, 1.82) is 0 Å². The standard InChI is InChI=1S/C13H13F9ISi.C7H8O3S/c1-24(2,3)9-6-4-8(5-7-9)23-13(21,22)11(16,17)10(14,15)12(18,19)20;1-6-2-4-7(5-3-6)11(8,9)10/h4-7H,1-3H3;2-5H,1H3,(H,8,9,10)/q+1;/p-1. The summed E-state index contributed by atoms with van der Waals surface area (Å²) in [5.41, 5.74) is 0.928. The second kappa shape index (κ2) is 10.6.